The molecule has 37 heavy (non-hydrogen) atoms. The Morgan fingerprint density at radius 1 is 1.14 bits per heavy atom. The van der Waals surface area contributed by atoms with Crippen molar-refractivity contribution in [1.29, 1.82) is 0 Å². The van der Waals surface area contributed by atoms with Gasteiger partial charge in [0.2, 0.25) is 0 Å². The van der Waals surface area contributed by atoms with Crippen molar-refractivity contribution in [3.05, 3.63) is 70.8 Å². The van der Waals surface area contributed by atoms with Gasteiger partial charge in [-0.05, 0) is 50.2 Å². The smallest absolute Gasteiger partial charge is 0.326 e. The first-order valence-corrected chi connectivity index (χ1v) is 12.5. The minimum atomic E-state index is -0.623. The van der Waals surface area contributed by atoms with E-state index in [1.807, 2.05) is 17.7 Å². The van der Waals surface area contributed by atoms with Gasteiger partial charge < -0.3 is 19.9 Å². The van der Waals surface area contributed by atoms with Gasteiger partial charge in [-0.2, -0.15) is 9.97 Å². The number of nitrogens with zero attached hydrogens (tertiary/aromatic N) is 5. The summed E-state index contributed by atoms with van der Waals surface area (Å²) >= 11 is 0. The van der Waals surface area contributed by atoms with Crippen LogP contribution in [0.2, 0.25) is 0 Å². The first-order valence-electron chi connectivity index (χ1n) is 12.5. The van der Waals surface area contributed by atoms with Crippen LogP contribution in [0.4, 0.5) is 20.4 Å². The van der Waals surface area contributed by atoms with Gasteiger partial charge in [0.15, 0.2) is 11.6 Å². The molecule has 6 rings (SSSR count). The van der Waals surface area contributed by atoms with Crippen molar-refractivity contribution in [3.8, 4) is 11.8 Å². The van der Waals surface area contributed by atoms with Crippen LogP contribution in [0.15, 0.2) is 53.1 Å². The molecule has 1 aromatic carbocycles. The van der Waals surface area contributed by atoms with Crippen molar-refractivity contribution in [3.63, 3.8) is 0 Å². The second-order valence-electron chi connectivity index (χ2n) is 9.65. The fourth-order valence-electron chi connectivity index (χ4n) is 4.61. The molecule has 3 aromatic rings. The zero-order chi connectivity index (χ0) is 25.4. The first kappa shape index (κ1) is 23.3. The van der Waals surface area contributed by atoms with Crippen LogP contribution in [0.5, 0.6) is 11.8 Å². The largest absolute Gasteiger partial charge is 0.421 e. The minimum absolute atomic E-state index is 0.0935. The van der Waals surface area contributed by atoms with E-state index >= 15 is 4.39 Å². The third-order valence-corrected chi connectivity index (χ3v) is 6.65. The molecule has 10 heteroatoms. The number of amidine groups is 1. The molecule has 3 heterocycles. The van der Waals surface area contributed by atoms with E-state index in [0.717, 1.165) is 24.6 Å². The van der Waals surface area contributed by atoms with Crippen LogP contribution in [0.1, 0.15) is 37.3 Å². The highest BCUT2D eigenvalue weighted by Gasteiger charge is 2.28. The average Bonchev–Trinajstić information content (AvgIpc) is 3.23. The van der Waals surface area contributed by atoms with Gasteiger partial charge in [-0.15, -0.1) is 0 Å². The van der Waals surface area contributed by atoms with Crippen LogP contribution in [0.3, 0.4) is 0 Å². The van der Waals surface area contributed by atoms with Crippen LogP contribution in [0.25, 0.3) is 6.08 Å². The zero-order valence-corrected chi connectivity index (χ0v) is 20.5. The third-order valence-electron chi connectivity index (χ3n) is 6.65. The number of aliphatic imine (C=N–C) groups is 1. The number of rotatable bonds is 9. The number of allylic oxidation sites excluding steroid dienone is 1. The first-order chi connectivity index (χ1) is 18.0. The summed E-state index contributed by atoms with van der Waals surface area (Å²) in [4.78, 5) is 17.4. The van der Waals surface area contributed by atoms with Gasteiger partial charge >= 0.3 is 6.01 Å². The van der Waals surface area contributed by atoms with Crippen LogP contribution in [-0.4, -0.2) is 38.4 Å². The molecule has 1 fully saturated rings. The van der Waals surface area contributed by atoms with E-state index in [2.05, 4.69) is 36.7 Å². The molecular weight excluding hydrogens is 476 g/mol. The van der Waals surface area contributed by atoms with Gasteiger partial charge in [0.25, 0.3) is 0 Å². The molecule has 1 saturated carbocycles. The Morgan fingerprint density at radius 3 is 2.81 bits per heavy atom. The van der Waals surface area contributed by atoms with Crippen molar-refractivity contribution in [2.75, 3.05) is 23.7 Å². The van der Waals surface area contributed by atoms with E-state index in [1.165, 1.54) is 18.4 Å². The van der Waals surface area contributed by atoms with Crippen molar-refractivity contribution >= 4 is 23.5 Å². The number of hydrogen-bond donors (Lipinski definition) is 2. The monoisotopic (exact) mass is 503 g/mol. The van der Waals surface area contributed by atoms with E-state index in [-0.39, 0.29) is 17.3 Å². The summed E-state index contributed by atoms with van der Waals surface area (Å²) in [6.45, 7) is 3.96. The molecule has 8 nitrogen and oxygen atoms in total. The number of imidazole rings is 1. The van der Waals surface area contributed by atoms with Crippen LogP contribution >= 0.6 is 0 Å². The van der Waals surface area contributed by atoms with Crippen LogP contribution in [-0.2, 0) is 13.0 Å². The molecule has 0 saturated heterocycles. The molecular formula is C27H27F2N7O. The third kappa shape index (κ3) is 5.23. The number of anilines is 2. The number of hydrogen-bond acceptors (Lipinski definition) is 7. The maximum atomic E-state index is 15.2. The lowest BCUT2D eigenvalue weighted by atomic mass is 10.1. The summed E-state index contributed by atoms with van der Waals surface area (Å²) in [6.07, 6.45) is 12.8. The summed E-state index contributed by atoms with van der Waals surface area (Å²) in [7, 11) is 0. The molecule has 3 aliphatic rings. The molecule has 1 aliphatic heterocycles. The molecule has 2 N–H and O–H groups in total. The highest BCUT2D eigenvalue weighted by atomic mass is 19.1. The topological polar surface area (TPSA) is 89.2 Å². The summed E-state index contributed by atoms with van der Waals surface area (Å²) in [5.41, 5.74) is 2.78. The Kier molecular flexibility index (Phi) is 6.15. The maximum absolute atomic E-state index is 15.2. The number of fused-ring (bicyclic) bond motifs is 1. The van der Waals surface area contributed by atoms with Gasteiger partial charge in [-0.25, -0.2) is 13.8 Å². The normalized spacial score (nSPS) is 16.2. The Balaban J connectivity index is 1.23. The molecule has 0 atom stereocenters. The van der Waals surface area contributed by atoms with Crippen molar-refractivity contribution < 1.29 is 13.5 Å². The predicted molar refractivity (Wildman–Crippen MR) is 138 cm³/mol. The molecule has 190 valence electrons. The number of ether oxygens (including phenoxy) is 1. The highest BCUT2D eigenvalue weighted by Crippen LogP contribution is 2.38. The Bertz CT molecular complexity index is 1430. The van der Waals surface area contributed by atoms with E-state index in [9.17, 15) is 4.39 Å². The molecule has 0 spiro atoms. The summed E-state index contributed by atoms with van der Waals surface area (Å²) in [5.74, 6) is 0.919. The van der Waals surface area contributed by atoms with Gasteiger partial charge in [0.05, 0.1) is 12.9 Å². The maximum Gasteiger partial charge on any atom is 0.326 e. The standard InChI is InChI=1S/C27H27F2N7O/c1-16-9-19-20(10-16)26(29)22(12-21(19)28)37-27-34-24(31-5-2-7-36-8-6-30-15-36)13-25(35-27)33-23-11-18(14-32-23)17-3-4-17/h6,8,10-13,15,17H,2-5,7,9,14H2,1H3,(H2,31,32,33,34,35). The Morgan fingerprint density at radius 2 is 2.00 bits per heavy atom. The van der Waals surface area contributed by atoms with E-state index < -0.39 is 11.6 Å². The lowest BCUT2D eigenvalue weighted by Gasteiger charge is -2.13. The lowest BCUT2D eigenvalue weighted by molar-refractivity contribution is 0.406. The van der Waals surface area contributed by atoms with Gasteiger partial charge in [-0.3, -0.25) is 4.99 Å². The molecule has 0 bridgehead atoms. The second kappa shape index (κ2) is 9.76. The number of halogens is 2. The number of benzene rings is 1. The number of aryl methyl sites for hydroxylation is 1. The highest BCUT2D eigenvalue weighted by molar-refractivity contribution is 6.05. The predicted octanol–water partition coefficient (Wildman–Crippen LogP) is 5.37. The molecule has 2 aromatic heterocycles. The summed E-state index contributed by atoms with van der Waals surface area (Å²) < 4.78 is 37.6. The minimum Gasteiger partial charge on any atom is -0.421 e. The lowest BCUT2D eigenvalue weighted by Crippen LogP contribution is -2.12. The molecule has 0 amide bonds. The molecule has 0 radical (unpaired) electrons. The molecule has 2 aliphatic carbocycles. The van der Waals surface area contributed by atoms with Gasteiger partial charge in [0.1, 0.15) is 23.3 Å². The number of nitrogens with one attached hydrogen (secondary N) is 2. The van der Waals surface area contributed by atoms with Crippen molar-refractivity contribution in [2.24, 2.45) is 10.9 Å². The quantitative estimate of drug-likeness (QED) is 0.382. The fraction of sp³-hybridized carbons (Fsp3) is 0.333. The van der Waals surface area contributed by atoms with Crippen LogP contribution in [0, 0.1) is 17.6 Å². The second-order valence-corrected chi connectivity index (χ2v) is 9.65. The zero-order valence-electron chi connectivity index (χ0n) is 20.5. The van der Waals surface area contributed by atoms with Crippen LogP contribution < -0.4 is 15.4 Å². The summed E-state index contributed by atoms with van der Waals surface area (Å²) in [5, 5.41) is 6.49. The van der Waals surface area contributed by atoms with Gasteiger partial charge in [0, 0.05) is 48.7 Å². The number of aromatic nitrogens is 4. The van der Waals surface area contributed by atoms with E-state index in [4.69, 9.17) is 4.74 Å². The van der Waals surface area contributed by atoms with Gasteiger partial charge in [-0.1, -0.05) is 11.6 Å². The summed E-state index contributed by atoms with van der Waals surface area (Å²) in [6, 6.07) is 2.72. The average molecular weight is 504 g/mol. The fourth-order valence-corrected chi connectivity index (χ4v) is 4.61. The van der Waals surface area contributed by atoms with E-state index in [0.29, 0.717) is 48.5 Å². The van der Waals surface area contributed by atoms with E-state index in [1.54, 1.807) is 24.7 Å². The van der Waals surface area contributed by atoms with Crippen molar-refractivity contribution in [2.45, 2.75) is 39.2 Å². The van der Waals surface area contributed by atoms with Crippen molar-refractivity contribution in [1.82, 2.24) is 19.5 Å². The Hall–Kier alpha value is -4.08. The molecule has 0 unspecified atom stereocenters. The Labute approximate surface area is 213 Å². The SMILES string of the molecule is CC1=Cc2c(F)c(Oc3nc(NCCCn4ccnc4)cc(NC4=NCC(C5CC5)=C4)n3)cc(F)c2C1.